The maximum absolute atomic E-state index is 11.9. The van der Waals surface area contributed by atoms with Crippen LogP contribution in [0.4, 0.5) is 0 Å². The molecule has 0 fully saturated rings. The number of ether oxygens (including phenoxy) is 1. The summed E-state index contributed by atoms with van der Waals surface area (Å²) < 4.78 is 5.20. The van der Waals surface area contributed by atoms with E-state index in [1.54, 1.807) is 0 Å². The van der Waals surface area contributed by atoms with E-state index >= 15 is 0 Å². The van der Waals surface area contributed by atoms with Crippen molar-refractivity contribution in [3.63, 3.8) is 0 Å². The number of carbonyl (C=O) groups is 2. The molecule has 1 N–H and O–H groups in total. The van der Waals surface area contributed by atoms with Gasteiger partial charge >= 0.3 is 5.97 Å². The van der Waals surface area contributed by atoms with Crippen LogP contribution in [0.3, 0.4) is 0 Å². The molecular weight excluding hydrogens is 242 g/mol. The number of hydrogen-bond acceptors (Lipinski definition) is 3. The van der Waals surface area contributed by atoms with Crippen molar-refractivity contribution >= 4 is 11.9 Å². The lowest BCUT2D eigenvalue weighted by Crippen LogP contribution is -2.44. The first kappa shape index (κ1) is 17.7. The van der Waals surface area contributed by atoms with E-state index in [-0.39, 0.29) is 17.8 Å². The van der Waals surface area contributed by atoms with Gasteiger partial charge in [-0.3, -0.25) is 4.79 Å². The van der Waals surface area contributed by atoms with E-state index < -0.39 is 6.04 Å². The van der Waals surface area contributed by atoms with Crippen molar-refractivity contribution in [2.75, 3.05) is 6.61 Å². The Bertz CT molecular complexity index is 317. The van der Waals surface area contributed by atoms with E-state index in [4.69, 9.17) is 4.74 Å². The van der Waals surface area contributed by atoms with Gasteiger partial charge in [-0.05, 0) is 26.2 Å². The van der Waals surface area contributed by atoms with Gasteiger partial charge in [0, 0.05) is 6.08 Å². The van der Waals surface area contributed by atoms with E-state index in [0.717, 1.165) is 24.8 Å². The molecule has 0 aromatic carbocycles. The van der Waals surface area contributed by atoms with Gasteiger partial charge in [-0.2, -0.15) is 0 Å². The van der Waals surface area contributed by atoms with E-state index in [2.05, 4.69) is 12.2 Å². The average Bonchev–Trinajstić information content (AvgIpc) is 2.30. The zero-order valence-electron chi connectivity index (χ0n) is 12.8. The number of hydrogen-bond donors (Lipinski definition) is 1. The number of nitrogens with one attached hydrogen (secondary N) is 1. The van der Waals surface area contributed by atoms with Crippen molar-refractivity contribution in [3.8, 4) is 0 Å². The Balaban J connectivity index is 4.35. The van der Waals surface area contributed by atoms with E-state index in [9.17, 15) is 9.59 Å². The van der Waals surface area contributed by atoms with Gasteiger partial charge in [0.2, 0.25) is 5.91 Å². The minimum atomic E-state index is -0.579. The monoisotopic (exact) mass is 269 g/mol. The van der Waals surface area contributed by atoms with E-state index in [1.165, 1.54) is 6.08 Å². The van der Waals surface area contributed by atoms with Crippen LogP contribution >= 0.6 is 0 Å². The fourth-order valence-electron chi connectivity index (χ4n) is 1.57. The SMILES string of the molecule is CCCCCOC(=O)C(NC(=O)C=C(C)C)C(C)C. The standard InChI is InChI=1S/C15H27NO3/c1-6-7-8-9-19-15(18)14(12(4)5)16-13(17)10-11(2)3/h10,12,14H,6-9H2,1-5H3,(H,16,17). The number of amides is 1. The molecule has 1 atom stereocenters. The van der Waals surface area contributed by atoms with Crippen LogP contribution in [0, 0.1) is 5.92 Å². The second-order valence-electron chi connectivity index (χ2n) is 5.33. The number of esters is 1. The molecule has 0 saturated carbocycles. The number of allylic oxidation sites excluding steroid dienone is 1. The summed E-state index contributed by atoms with van der Waals surface area (Å²) in [6, 6.07) is -0.579. The van der Waals surface area contributed by atoms with Gasteiger partial charge in [-0.25, -0.2) is 4.79 Å². The summed E-state index contributed by atoms with van der Waals surface area (Å²) >= 11 is 0. The van der Waals surface area contributed by atoms with Gasteiger partial charge in [-0.15, -0.1) is 0 Å². The summed E-state index contributed by atoms with van der Waals surface area (Å²) in [5.74, 6) is -0.584. The fraction of sp³-hybridized carbons (Fsp3) is 0.733. The fourth-order valence-corrected chi connectivity index (χ4v) is 1.57. The largest absolute Gasteiger partial charge is 0.464 e. The third-order valence-electron chi connectivity index (χ3n) is 2.63. The lowest BCUT2D eigenvalue weighted by molar-refractivity contribution is -0.148. The number of rotatable bonds is 8. The molecule has 0 heterocycles. The molecule has 19 heavy (non-hydrogen) atoms. The molecule has 4 heteroatoms. The molecule has 0 spiro atoms. The Kier molecular flexibility index (Phi) is 8.92. The average molecular weight is 269 g/mol. The molecular formula is C15H27NO3. The smallest absolute Gasteiger partial charge is 0.328 e. The quantitative estimate of drug-likeness (QED) is 0.419. The van der Waals surface area contributed by atoms with Crippen LogP contribution in [0.1, 0.15) is 53.9 Å². The highest BCUT2D eigenvalue weighted by atomic mass is 16.5. The lowest BCUT2D eigenvalue weighted by Gasteiger charge is -2.20. The molecule has 0 radical (unpaired) electrons. The lowest BCUT2D eigenvalue weighted by atomic mass is 10.0. The summed E-state index contributed by atoms with van der Waals surface area (Å²) in [6.45, 7) is 9.98. The van der Waals surface area contributed by atoms with Crippen LogP contribution in [0.2, 0.25) is 0 Å². The summed E-state index contributed by atoms with van der Waals surface area (Å²) in [6.07, 6.45) is 4.49. The Morgan fingerprint density at radius 3 is 2.32 bits per heavy atom. The molecule has 1 amide bonds. The van der Waals surface area contributed by atoms with Gasteiger partial charge in [0.1, 0.15) is 6.04 Å². The molecule has 110 valence electrons. The first-order valence-corrected chi connectivity index (χ1v) is 7.00. The first-order valence-electron chi connectivity index (χ1n) is 7.00. The summed E-state index contributed by atoms with van der Waals surface area (Å²) in [5.41, 5.74) is 0.899. The first-order chi connectivity index (χ1) is 8.88. The van der Waals surface area contributed by atoms with Crippen molar-refractivity contribution in [1.82, 2.24) is 5.32 Å². The van der Waals surface area contributed by atoms with Crippen molar-refractivity contribution in [2.45, 2.75) is 59.9 Å². The molecule has 0 aliphatic heterocycles. The highest BCUT2D eigenvalue weighted by Crippen LogP contribution is 2.06. The molecule has 0 bridgehead atoms. The van der Waals surface area contributed by atoms with Crippen LogP contribution < -0.4 is 5.32 Å². The van der Waals surface area contributed by atoms with Gasteiger partial charge in [0.15, 0.2) is 0 Å². The van der Waals surface area contributed by atoms with Gasteiger partial charge in [-0.1, -0.05) is 39.2 Å². The van der Waals surface area contributed by atoms with Crippen molar-refractivity contribution in [2.24, 2.45) is 5.92 Å². The molecule has 0 aromatic rings. The van der Waals surface area contributed by atoms with Crippen LogP contribution in [0.25, 0.3) is 0 Å². The van der Waals surface area contributed by atoms with E-state index in [0.29, 0.717) is 6.61 Å². The van der Waals surface area contributed by atoms with Gasteiger partial charge < -0.3 is 10.1 Å². The third kappa shape index (κ3) is 8.41. The second-order valence-corrected chi connectivity index (χ2v) is 5.33. The summed E-state index contributed by atoms with van der Waals surface area (Å²) in [5, 5.41) is 2.70. The highest BCUT2D eigenvalue weighted by Gasteiger charge is 2.24. The molecule has 0 aromatic heterocycles. The minimum Gasteiger partial charge on any atom is -0.464 e. The maximum Gasteiger partial charge on any atom is 0.328 e. The van der Waals surface area contributed by atoms with E-state index in [1.807, 2.05) is 27.7 Å². The van der Waals surface area contributed by atoms with Crippen molar-refractivity contribution in [3.05, 3.63) is 11.6 Å². The number of carbonyl (C=O) groups excluding carboxylic acids is 2. The molecule has 0 aliphatic carbocycles. The topological polar surface area (TPSA) is 55.4 Å². The Hall–Kier alpha value is -1.32. The Morgan fingerprint density at radius 2 is 1.84 bits per heavy atom. The van der Waals surface area contributed by atoms with Gasteiger partial charge in [0.05, 0.1) is 6.61 Å². The predicted molar refractivity (Wildman–Crippen MR) is 76.7 cm³/mol. The maximum atomic E-state index is 11.9. The van der Waals surface area contributed by atoms with Crippen LogP contribution in [0.5, 0.6) is 0 Å². The third-order valence-corrected chi connectivity index (χ3v) is 2.63. The van der Waals surface area contributed by atoms with Crippen molar-refractivity contribution < 1.29 is 14.3 Å². The molecule has 4 nitrogen and oxygen atoms in total. The molecule has 0 saturated heterocycles. The Labute approximate surface area is 116 Å². The summed E-state index contributed by atoms with van der Waals surface area (Å²) in [4.78, 5) is 23.6. The van der Waals surface area contributed by atoms with Gasteiger partial charge in [0.25, 0.3) is 0 Å². The Morgan fingerprint density at radius 1 is 1.21 bits per heavy atom. The number of unbranched alkanes of at least 4 members (excludes halogenated alkanes) is 2. The highest BCUT2D eigenvalue weighted by molar-refractivity contribution is 5.92. The van der Waals surface area contributed by atoms with Crippen LogP contribution in [-0.4, -0.2) is 24.5 Å². The molecule has 0 rings (SSSR count). The zero-order chi connectivity index (χ0) is 14.8. The second kappa shape index (κ2) is 9.59. The molecule has 1 unspecified atom stereocenters. The predicted octanol–water partition coefficient (Wildman–Crippen LogP) is 2.83. The summed E-state index contributed by atoms with van der Waals surface area (Å²) in [7, 11) is 0. The van der Waals surface area contributed by atoms with Crippen LogP contribution in [-0.2, 0) is 14.3 Å². The van der Waals surface area contributed by atoms with Crippen molar-refractivity contribution in [1.29, 1.82) is 0 Å². The van der Waals surface area contributed by atoms with Crippen LogP contribution in [0.15, 0.2) is 11.6 Å². The zero-order valence-corrected chi connectivity index (χ0v) is 12.8. The minimum absolute atomic E-state index is 0.00758. The molecule has 0 aliphatic rings. The normalized spacial score (nSPS) is 11.9.